The zero-order valence-corrected chi connectivity index (χ0v) is 36.6. The number of nitrogens with one attached hydrogen (secondary N) is 1. The summed E-state index contributed by atoms with van der Waals surface area (Å²) in [7, 11) is 4.69. The molecule has 0 spiro atoms. The highest BCUT2D eigenvalue weighted by molar-refractivity contribution is 8.14. The Bertz CT molecular complexity index is 1600. The molecule has 4 amide bonds. The van der Waals surface area contributed by atoms with E-state index in [4.69, 9.17) is 14.5 Å². The van der Waals surface area contributed by atoms with Crippen LogP contribution in [-0.4, -0.2) is 130 Å². The van der Waals surface area contributed by atoms with Gasteiger partial charge in [0.2, 0.25) is 23.6 Å². The highest BCUT2D eigenvalue weighted by Crippen LogP contribution is 2.33. The van der Waals surface area contributed by atoms with Gasteiger partial charge in [0, 0.05) is 45.7 Å². The number of rotatable bonds is 5. The van der Waals surface area contributed by atoms with E-state index in [2.05, 4.69) is 5.32 Å². The van der Waals surface area contributed by atoms with Crippen LogP contribution >= 0.6 is 11.8 Å². The summed E-state index contributed by atoms with van der Waals surface area (Å²) in [5.41, 5.74) is 0.406. The van der Waals surface area contributed by atoms with Crippen LogP contribution in [0.4, 0.5) is 0 Å². The van der Waals surface area contributed by atoms with Crippen LogP contribution in [0.3, 0.4) is 0 Å². The number of fused-ring (bicyclic) bond motifs is 2. The maximum Gasteiger partial charge on any atom is 0.329 e. The van der Waals surface area contributed by atoms with Gasteiger partial charge < -0.3 is 34.6 Å². The second-order valence-electron chi connectivity index (χ2n) is 17.5. The Hall–Kier alpha value is -3.65. The van der Waals surface area contributed by atoms with Gasteiger partial charge in [0.1, 0.15) is 36.0 Å². The molecule has 0 saturated carbocycles. The first kappa shape index (κ1) is 46.0. The number of likely N-dealkylation sites (N-methyl/N-ethyl adjacent to an activating group) is 2. The lowest BCUT2D eigenvalue weighted by atomic mass is 9.82. The minimum Gasteiger partial charge on any atom is -0.497 e. The van der Waals surface area contributed by atoms with E-state index in [0.717, 1.165) is 10.6 Å². The van der Waals surface area contributed by atoms with Crippen LogP contribution in [0.15, 0.2) is 29.3 Å². The third kappa shape index (κ3) is 12.2. The molecule has 1 fully saturated rings. The number of methoxy groups -OCH3 is 1. The Morgan fingerprint density at radius 1 is 1.00 bits per heavy atom. The van der Waals surface area contributed by atoms with Crippen LogP contribution in [0.5, 0.6) is 5.75 Å². The molecule has 57 heavy (non-hydrogen) atoms. The van der Waals surface area contributed by atoms with Gasteiger partial charge in [-0.25, -0.2) is 4.79 Å². The standard InChI is InChI=1S/C43H67N5O8S/c1-11-27(3)38-41(53)48-20-12-13-34(48)42(54)56-35(43(5,6)7)22-26(2)21-31(49)24-37-44-30(25-57-37)16-19-36(50)45-33(23-29-14-17-32(55-10)18-15-29)40(52)46(8)28(4)39(51)47(38)9/h14-15,17-18,26-28,30-31,33-35,38,49H,11-13,16,19-25H2,1-10H3,(H,45,50)/t26-,27-,28-,30-,31-,33-,34-,35-,38?/m0/s1. The lowest BCUT2D eigenvalue weighted by Gasteiger charge is -2.39. The number of thioether (sulfide) groups is 1. The predicted molar refractivity (Wildman–Crippen MR) is 223 cm³/mol. The number of carbonyl (C=O) groups is 5. The van der Waals surface area contributed by atoms with Crippen molar-refractivity contribution in [2.75, 3.05) is 33.5 Å². The van der Waals surface area contributed by atoms with Crippen molar-refractivity contribution in [3.8, 4) is 5.75 Å². The van der Waals surface area contributed by atoms with Gasteiger partial charge in [-0.15, -0.1) is 11.8 Å². The van der Waals surface area contributed by atoms with Gasteiger partial charge in [-0.1, -0.05) is 60.1 Å². The van der Waals surface area contributed by atoms with Crippen LogP contribution in [0, 0.1) is 17.3 Å². The number of ether oxygens (including phenoxy) is 2. The van der Waals surface area contributed by atoms with Gasteiger partial charge >= 0.3 is 5.97 Å². The molecule has 1 saturated heterocycles. The minimum atomic E-state index is -0.973. The van der Waals surface area contributed by atoms with Crippen molar-refractivity contribution < 1.29 is 38.6 Å². The first-order valence-corrected chi connectivity index (χ1v) is 21.7. The van der Waals surface area contributed by atoms with Crippen LogP contribution in [-0.2, 0) is 35.1 Å². The highest BCUT2D eigenvalue weighted by atomic mass is 32.2. The summed E-state index contributed by atoms with van der Waals surface area (Å²) in [4.78, 5) is 79.7. The van der Waals surface area contributed by atoms with E-state index < -0.39 is 59.6 Å². The van der Waals surface area contributed by atoms with Crippen LogP contribution in [0.1, 0.15) is 105 Å². The van der Waals surface area contributed by atoms with Crippen LogP contribution in [0.25, 0.3) is 0 Å². The molecule has 2 bridgehead atoms. The number of benzene rings is 1. The first-order valence-electron chi connectivity index (χ1n) is 20.7. The molecule has 4 rings (SSSR count). The number of esters is 1. The zero-order chi connectivity index (χ0) is 42.2. The molecular weight excluding hydrogens is 747 g/mol. The molecule has 3 aliphatic rings. The van der Waals surface area contributed by atoms with Gasteiger partial charge in [0.25, 0.3) is 0 Å². The summed E-state index contributed by atoms with van der Waals surface area (Å²) >= 11 is 1.59. The maximum atomic E-state index is 14.5. The Morgan fingerprint density at radius 2 is 1.68 bits per heavy atom. The van der Waals surface area contributed by atoms with E-state index in [1.165, 1.54) is 16.8 Å². The van der Waals surface area contributed by atoms with Crippen LogP contribution < -0.4 is 10.1 Å². The average molecular weight is 814 g/mol. The molecule has 1 aromatic rings. The van der Waals surface area contributed by atoms with Crippen molar-refractivity contribution in [2.45, 2.75) is 149 Å². The van der Waals surface area contributed by atoms with Crippen molar-refractivity contribution in [3.05, 3.63) is 29.8 Å². The number of cyclic esters (lactones) is 1. The van der Waals surface area contributed by atoms with Crippen molar-refractivity contribution >= 4 is 46.4 Å². The molecule has 2 N–H and O–H groups in total. The van der Waals surface area contributed by atoms with Gasteiger partial charge in [-0.3, -0.25) is 24.2 Å². The summed E-state index contributed by atoms with van der Waals surface area (Å²) in [5, 5.41) is 14.9. The van der Waals surface area contributed by atoms with Gasteiger partial charge in [-0.2, -0.15) is 0 Å². The molecule has 0 radical (unpaired) electrons. The second-order valence-corrected chi connectivity index (χ2v) is 18.6. The minimum absolute atomic E-state index is 0.0300. The Kier molecular flexibility index (Phi) is 16.4. The van der Waals surface area contributed by atoms with Crippen molar-refractivity contribution in [1.29, 1.82) is 0 Å². The molecule has 1 aromatic carbocycles. The number of aliphatic hydroxyl groups excluding tert-OH is 1. The average Bonchev–Trinajstić information content (AvgIpc) is 3.85. The van der Waals surface area contributed by atoms with E-state index in [1.54, 1.807) is 49.9 Å². The summed E-state index contributed by atoms with van der Waals surface area (Å²) in [6.45, 7) is 14.0. The molecule has 13 nitrogen and oxygen atoms in total. The smallest absolute Gasteiger partial charge is 0.329 e. The molecule has 0 aliphatic carbocycles. The molecule has 318 valence electrons. The fourth-order valence-electron chi connectivity index (χ4n) is 7.99. The van der Waals surface area contributed by atoms with E-state index in [1.807, 2.05) is 53.7 Å². The number of aliphatic hydroxyl groups is 1. The van der Waals surface area contributed by atoms with E-state index >= 15 is 0 Å². The second kappa shape index (κ2) is 20.4. The first-order chi connectivity index (χ1) is 26.8. The Labute approximate surface area is 344 Å². The topological polar surface area (TPSA) is 158 Å². The fourth-order valence-corrected chi connectivity index (χ4v) is 9.15. The highest BCUT2D eigenvalue weighted by Gasteiger charge is 2.44. The Morgan fingerprint density at radius 3 is 2.32 bits per heavy atom. The zero-order valence-electron chi connectivity index (χ0n) is 35.8. The van der Waals surface area contributed by atoms with Crippen molar-refractivity contribution in [3.63, 3.8) is 0 Å². The fraction of sp³-hybridized carbons (Fsp3) is 0.721. The number of hydrogen-bond donors (Lipinski definition) is 2. The molecule has 3 heterocycles. The maximum absolute atomic E-state index is 14.5. The van der Waals surface area contributed by atoms with E-state index in [-0.39, 0.29) is 42.5 Å². The number of hydrogen-bond acceptors (Lipinski definition) is 10. The molecule has 0 aromatic heterocycles. The van der Waals surface area contributed by atoms with E-state index in [0.29, 0.717) is 63.0 Å². The lowest BCUT2D eigenvalue weighted by molar-refractivity contribution is -0.166. The number of nitrogens with zero attached hydrogens (tertiary/aromatic N) is 4. The summed E-state index contributed by atoms with van der Waals surface area (Å²) in [6.07, 6.45) is 2.85. The quantitative estimate of drug-likeness (QED) is 0.396. The Balaban J connectivity index is 1.67. The third-order valence-electron chi connectivity index (χ3n) is 11.9. The monoisotopic (exact) mass is 813 g/mol. The molecule has 1 unspecified atom stereocenters. The normalized spacial score (nSPS) is 30.2. The summed E-state index contributed by atoms with van der Waals surface area (Å²) in [6, 6.07) is 3.54. The van der Waals surface area contributed by atoms with Gasteiger partial charge in [0.05, 0.1) is 24.3 Å². The predicted octanol–water partition coefficient (Wildman–Crippen LogP) is 4.87. The van der Waals surface area contributed by atoms with Crippen molar-refractivity contribution in [2.24, 2.45) is 22.2 Å². The van der Waals surface area contributed by atoms with Gasteiger partial charge in [0.15, 0.2) is 0 Å². The number of carbonyl (C=O) groups excluding carboxylic acids is 5. The molecule has 9 atom stereocenters. The molecule has 3 aliphatic heterocycles. The molecule has 14 heteroatoms. The van der Waals surface area contributed by atoms with Crippen molar-refractivity contribution in [1.82, 2.24) is 20.0 Å². The number of aliphatic imine (C=N–C) groups is 1. The van der Waals surface area contributed by atoms with Crippen LogP contribution in [0.2, 0.25) is 0 Å². The van der Waals surface area contributed by atoms with E-state index in [9.17, 15) is 29.1 Å². The summed E-state index contributed by atoms with van der Waals surface area (Å²) in [5.74, 6) is -0.817. The summed E-state index contributed by atoms with van der Waals surface area (Å²) < 4.78 is 11.6. The number of amides is 4. The largest absolute Gasteiger partial charge is 0.497 e. The lowest BCUT2D eigenvalue weighted by Crippen LogP contribution is -2.59. The SMILES string of the molecule is CC[C@H](C)C1C(=O)N2CCC[C@H]2C(=O)O[C@H](C(C)(C)C)C[C@@H](C)C[C@H](O)CC2=N[C@@H](CCC(=O)N[C@@H](Cc3ccc(OC)cc3)C(=O)N(C)[C@@H](C)C(=O)N1C)CS2. The third-order valence-corrected chi connectivity index (χ3v) is 13.1. The van der Waals surface area contributed by atoms with Gasteiger partial charge in [-0.05, 0) is 74.0 Å². The molecular formula is C43H67N5O8S.